The van der Waals surface area contributed by atoms with Crippen LogP contribution in [0.5, 0.6) is 5.75 Å². The van der Waals surface area contributed by atoms with E-state index in [1.165, 1.54) is 11.8 Å². The number of amides is 1. The molecule has 2 heterocycles. The first-order valence-corrected chi connectivity index (χ1v) is 11.7. The number of benzene rings is 2. The van der Waals surface area contributed by atoms with Crippen molar-refractivity contribution in [3.63, 3.8) is 0 Å². The topological polar surface area (TPSA) is 82.2 Å². The van der Waals surface area contributed by atoms with Crippen LogP contribution in [0.1, 0.15) is 17.1 Å². The SMILES string of the molecule is Cc1cc(Br)ccc1NC(=O)CSc1nnc(COc2ccccc2)n1Cc1ccco1. The summed E-state index contributed by atoms with van der Waals surface area (Å²) in [4.78, 5) is 12.5. The average molecular weight is 513 g/mol. The molecule has 164 valence electrons. The quantitative estimate of drug-likeness (QED) is 0.306. The van der Waals surface area contributed by atoms with Crippen LogP contribution in [0, 0.1) is 6.92 Å². The van der Waals surface area contributed by atoms with E-state index < -0.39 is 0 Å². The molecule has 1 N–H and O–H groups in total. The molecule has 0 aliphatic carbocycles. The highest BCUT2D eigenvalue weighted by Crippen LogP contribution is 2.23. The predicted molar refractivity (Wildman–Crippen MR) is 127 cm³/mol. The number of nitrogens with zero attached hydrogens (tertiary/aromatic N) is 3. The second kappa shape index (κ2) is 10.5. The van der Waals surface area contributed by atoms with E-state index in [0.717, 1.165) is 27.2 Å². The highest BCUT2D eigenvalue weighted by atomic mass is 79.9. The molecule has 7 nitrogen and oxygen atoms in total. The fraction of sp³-hybridized carbons (Fsp3) is 0.174. The zero-order chi connectivity index (χ0) is 22.3. The first kappa shape index (κ1) is 22.2. The molecule has 9 heteroatoms. The maximum Gasteiger partial charge on any atom is 0.234 e. The molecule has 1 amide bonds. The van der Waals surface area contributed by atoms with Crippen LogP contribution in [-0.2, 0) is 17.9 Å². The molecule has 0 aliphatic heterocycles. The van der Waals surface area contributed by atoms with E-state index >= 15 is 0 Å². The number of furan rings is 1. The summed E-state index contributed by atoms with van der Waals surface area (Å²) in [5.41, 5.74) is 1.77. The number of thioether (sulfide) groups is 1. The van der Waals surface area contributed by atoms with Crippen molar-refractivity contribution in [2.45, 2.75) is 25.2 Å². The van der Waals surface area contributed by atoms with Gasteiger partial charge < -0.3 is 14.5 Å². The van der Waals surface area contributed by atoms with E-state index in [4.69, 9.17) is 9.15 Å². The maximum absolute atomic E-state index is 12.5. The molecular weight excluding hydrogens is 492 g/mol. The standard InChI is InChI=1S/C23H21BrN4O3S/c1-16-12-17(24)9-10-20(16)25-22(29)15-32-23-27-26-21(14-31-18-6-3-2-4-7-18)28(23)13-19-8-5-11-30-19/h2-12H,13-15H2,1H3,(H,25,29). The molecule has 4 rings (SSSR count). The minimum absolute atomic E-state index is 0.116. The average Bonchev–Trinajstić information content (AvgIpc) is 3.44. The van der Waals surface area contributed by atoms with Crippen molar-refractivity contribution in [3.8, 4) is 5.75 Å². The Morgan fingerprint density at radius 3 is 2.75 bits per heavy atom. The minimum Gasteiger partial charge on any atom is -0.486 e. The summed E-state index contributed by atoms with van der Waals surface area (Å²) in [6.45, 7) is 2.65. The smallest absolute Gasteiger partial charge is 0.234 e. The lowest BCUT2D eigenvalue weighted by atomic mass is 10.2. The summed E-state index contributed by atoms with van der Waals surface area (Å²) in [5, 5.41) is 12.1. The number of hydrogen-bond acceptors (Lipinski definition) is 6. The molecule has 0 spiro atoms. The number of aryl methyl sites for hydroxylation is 1. The van der Waals surface area contributed by atoms with Gasteiger partial charge in [0.2, 0.25) is 5.91 Å². The summed E-state index contributed by atoms with van der Waals surface area (Å²) >= 11 is 4.75. The molecule has 0 bridgehead atoms. The van der Waals surface area contributed by atoms with Gasteiger partial charge >= 0.3 is 0 Å². The number of carbonyl (C=O) groups is 1. The van der Waals surface area contributed by atoms with Crippen LogP contribution in [0.3, 0.4) is 0 Å². The number of hydrogen-bond donors (Lipinski definition) is 1. The third-order valence-corrected chi connectivity index (χ3v) is 6.05. The van der Waals surface area contributed by atoms with Gasteiger partial charge in [0.15, 0.2) is 11.0 Å². The van der Waals surface area contributed by atoms with Gasteiger partial charge in [-0.05, 0) is 55.0 Å². The van der Waals surface area contributed by atoms with Crippen LogP contribution in [0.2, 0.25) is 0 Å². The van der Waals surface area contributed by atoms with Gasteiger partial charge in [-0.25, -0.2) is 0 Å². The van der Waals surface area contributed by atoms with Gasteiger partial charge in [-0.3, -0.25) is 9.36 Å². The maximum atomic E-state index is 12.5. The zero-order valence-electron chi connectivity index (χ0n) is 17.3. The highest BCUT2D eigenvalue weighted by molar-refractivity contribution is 9.10. The number of carbonyl (C=O) groups excluding carboxylic acids is 1. The summed E-state index contributed by atoms with van der Waals surface area (Å²) in [6.07, 6.45) is 1.63. The van der Waals surface area contributed by atoms with Crippen LogP contribution in [0.25, 0.3) is 0 Å². The van der Waals surface area contributed by atoms with Crippen molar-refractivity contribution in [1.29, 1.82) is 0 Å². The first-order chi connectivity index (χ1) is 15.6. The Hall–Kier alpha value is -3.04. The molecule has 32 heavy (non-hydrogen) atoms. The Labute approximate surface area is 198 Å². The Morgan fingerprint density at radius 1 is 1.16 bits per heavy atom. The molecule has 2 aromatic heterocycles. The molecule has 2 aromatic carbocycles. The van der Waals surface area contributed by atoms with E-state index in [1.54, 1.807) is 6.26 Å². The number of nitrogens with one attached hydrogen (secondary N) is 1. The Kier molecular flexibility index (Phi) is 7.28. The molecule has 0 fully saturated rings. The van der Waals surface area contributed by atoms with Gasteiger partial charge in [0, 0.05) is 10.2 Å². The number of anilines is 1. The van der Waals surface area contributed by atoms with Gasteiger partial charge in [-0.2, -0.15) is 0 Å². The predicted octanol–water partition coefficient (Wildman–Crippen LogP) is 5.30. The fourth-order valence-corrected chi connectivity index (χ4v) is 4.23. The lowest BCUT2D eigenvalue weighted by molar-refractivity contribution is -0.113. The second-order valence-electron chi connectivity index (χ2n) is 6.96. The van der Waals surface area contributed by atoms with Crippen molar-refractivity contribution in [1.82, 2.24) is 14.8 Å². The van der Waals surface area contributed by atoms with Crippen LogP contribution in [0.15, 0.2) is 81.0 Å². The number of ether oxygens (including phenoxy) is 1. The number of aromatic nitrogens is 3. The van der Waals surface area contributed by atoms with Crippen LogP contribution in [0.4, 0.5) is 5.69 Å². The Bertz CT molecular complexity index is 1180. The third kappa shape index (κ3) is 5.80. The van der Waals surface area contributed by atoms with E-state index in [9.17, 15) is 4.79 Å². The summed E-state index contributed by atoms with van der Waals surface area (Å²) < 4.78 is 14.2. The molecule has 0 radical (unpaired) electrons. The monoisotopic (exact) mass is 512 g/mol. The number of halogens is 1. The van der Waals surface area contributed by atoms with Crippen molar-refractivity contribution in [2.24, 2.45) is 0 Å². The molecule has 4 aromatic rings. The van der Waals surface area contributed by atoms with Crippen LogP contribution >= 0.6 is 27.7 Å². The Balaban J connectivity index is 1.44. The third-order valence-electron chi connectivity index (χ3n) is 4.59. The molecular formula is C23H21BrN4O3S. The van der Waals surface area contributed by atoms with Gasteiger partial charge in [0.1, 0.15) is 18.1 Å². The van der Waals surface area contributed by atoms with E-state index in [2.05, 4.69) is 31.4 Å². The van der Waals surface area contributed by atoms with Gasteiger partial charge in [-0.15, -0.1) is 10.2 Å². The van der Waals surface area contributed by atoms with Crippen molar-refractivity contribution in [2.75, 3.05) is 11.1 Å². The number of para-hydroxylation sites is 1. The van der Waals surface area contributed by atoms with Crippen molar-refractivity contribution in [3.05, 3.63) is 88.5 Å². The molecule has 0 saturated heterocycles. The fourth-order valence-electron chi connectivity index (χ4n) is 3.00. The molecule has 0 saturated carbocycles. The Morgan fingerprint density at radius 2 is 2.00 bits per heavy atom. The molecule has 0 atom stereocenters. The summed E-state index contributed by atoms with van der Waals surface area (Å²) in [5.74, 6) is 2.25. The summed E-state index contributed by atoms with van der Waals surface area (Å²) in [6, 6.07) is 19.0. The molecule has 0 aliphatic rings. The van der Waals surface area contributed by atoms with Crippen LogP contribution < -0.4 is 10.1 Å². The van der Waals surface area contributed by atoms with Gasteiger partial charge in [0.25, 0.3) is 0 Å². The van der Waals surface area contributed by atoms with E-state index in [-0.39, 0.29) is 18.3 Å². The first-order valence-electron chi connectivity index (χ1n) is 9.89. The minimum atomic E-state index is -0.116. The van der Waals surface area contributed by atoms with E-state index in [1.807, 2.05) is 72.2 Å². The lowest BCUT2D eigenvalue weighted by Gasteiger charge is -2.11. The van der Waals surface area contributed by atoms with Gasteiger partial charge in [-0.1, -0.05) is 45.9 Å². The lowest BCUT2D eigenvalue weighted by Crippen LogP contribution is -2.16. The second-order valence-corrected chi connectivity index (χ2v) is 8.82. The number of rotatable bonds is 9. The zero-order valence-corrected chi connectivity index (χ0v) is 19.7. The largest absolute Gasteiger partial charge is 0.486 e. The normalized spacial score (nSPS) is 10.8. The molecule has 0 unspecified atom stereocenters. The van der Waals surface area contributed by atoms with E-state index in [0.29, 0.717) is 17.5 Å². The van der Waals surface area contributed by atoms with Crippen molar-refractivity contribution >= 4 is 39.3 Å². The highest BCUT2D eigenvalue weighted by Gasteiger charge is 2.16. The summed E-state index contributed by atoms with van der Waals surface area (Å²) in [7, 11) is 0. The van der Waals surface area contributed by atoms with Gasteiger partial charge in [0.05, 0.1) is 18.6 Å². The van der Waals surface area contributed by atoms with Crippen LogP contribution in [-0.4, -0.2) is 26.4 Å². The van der Waals surface area contributed by atoms with Crippen molar-refractivity contribution < 1.29 is 13.9 Å².